The molecule has 8 heteroatoms. The van der Waals surface area contributed by atoms with Crippen molar-refractivity contribution in [3.05, 3.63) is 50.8 Å². The molecule has 0 amide bonds. The Morgan fingerprint density at radius 2 is 1.75 bits per heavy atom. The largest absolute Gasteiger partial charge is 0.476 e. The molecule has 0 fully saturated rings. The van der Waals surface area contributed by atoms with Crippen molar-refractivity contribution in [2.75, 3.05) is 5.32 Å². The molecule has 0 saturated carbocycles. The van der Waals surface area contributed by atoms with Gasteiger partial charge >= 0.3 is 5.97 Å². The van der Waals surface area contributed by atoms with E-state index in [0.717, 1.165) is 12.1 Å². The summed E-state index contributed by atoms with van der Waals surface area (Å²) < 4.78 is 13.1. The lowest BCUT2D eigenvalue weighted by atomic mass is 10.3. The Hall–Kier alpha value is -1.56. The van der Waals surface area contributed by atoms with Crippen LogP contribution in [0, 0.1) is 5.82 Å². The second-order valence-electron chi connectivity index (χ2n) is 3.70. The molecule has 0 aliphatic carbocycles. The molecule has 20 heavy (non-hydrogen) atoms. The second-order valence-corrected chi connectivity index (χ2v) is 4.92. The lowest BCUT2D eigenvalue weighted by Crippen LogP contribution is -2.04. The molecule has 0 saturated heterocycles. The van der Waals surface area contributed by atoms with Crippen LogP contribution in [0.5, 0.6) is 0 Å². The van der Waals surface area contributed by atoms with Gasteiger partial charge in [-0.1, -0.05) is 34.8 Å². The zero-order valence-corrected chi connectivity index (χ0v) is 11.9. The summed E-state index contributed by atoms with van der Waals surface area (Å²) in [7, 11) is 0. The first-order valence-electron chi connectivity index (χ1n) is 5.20. The number of halogens is 4. The summed E-state index contributed by atoms with van der Waals surface area (Å²) in [5, 5.41) is 11.7. The highest BCUT2D eigenvalue weighted by atomic mass is 35.5. The molecule has 104 valence electrons. The van der Waals surface area contributed by atoms with E-state index in [9.17, 15) is 9.18 Å². The van der Waals surface area contributed by atoms with Crippen molar-refractivity contribution in [3.63, 3.8) is 0 Å². The molecule has 0 radical (unpaired) electrons. The zero-order valence-electron chi connectivity index (χ0n) is 9.62. The minimum absolute atomic E-state index is 0.000602. The fourth-order valence-electron chi connectivity index (χ4n) is 1.45. The molecule has 0 spiro atoms. The summed E-state index contributed by atoms with van der Waals surface area (Å²) in [6, 6.07) is 4.96. The van der Waals surface area contributed by atoms with Crippen molar-refractivity contribution in [3.8, 4) is 0 Å². The van der Waals surface area contributed by atoms with Gasteiger partial charge in [0.15, 0.2) is 5.69 Å². The van der Waals surface area contributed by atoms with Crippen molar-refractivity contribution in [2.24, 2.45) is 0 Å². The van der Waals surface area contributed by atoms with E-state index in [1.54, 1.807) is 0 Å². The summed E-state index contributed by atoms with van der Waals surface area (Å²) >= 11 is 17.4. The lowest BCUT2D eigenvalue weighted by Gasteiger charge is -2.10. The summed E-state index contributed by atoms with van der Waals surface area (Å²) in [5.74, 6) is -1.68. The molecule has 2 aromatic rings. The predicted molar refractivity (Wildman–Crippen MR) is 75.9 cm³/mol. The molecule has 1 heterocycles. The Kier molecular flexibility index (Phi) is 4.32. The fraction of sp³-hybridized carbons (Fsp3) is 0. The molecule has 1 aromatic carbocycles. The van der Waals surface area contributed by atoms with Crippen molar-refractivity contribution in [1.82, 2.24) is 4.98 Å². The maximum Gasteiger partial charge on any atom is 0.356 e. The van der Waals surface area contributed by atoms with E-state index in [-0.39, 0.29) is 32.3 Å². The standard InChI is InChI=1S/C12H6Cl3FN2O2/c13-6-1-2-9(18-11(6)12(19)20)17-10-7(14)3-5(16)4-8(10)15/h1-4H,(H,17,18)(H,19,20). The molecule has 0 aliphatic rings. The number of anilines is 2. The van der Waals surface area contributed by atoms with Crippen LogP contribution < -0.4 is 5.32 Å². The van der Waals surface area contributed by atoms with E-state index >= 15 is 0 Å². The Bertz CT molecular complexity index is 671. The number of hydrogen-bond donors (Lipinski definition) is 2. The van der Waals surface area contributed by atoms with Crippen LogP contribution in [-0.2, 0) is 0 Å². The molecule has 4 nitrogen and oxygen atoms in total. The van der Waals surface area contributed by atoms with E-state index in [2.05, 4.69) is 10.3 Å². The normalized spacial score (nSPS) is 10.4. The number of hydrogen-bond acceptors (Lipinski definition) is 3. The van der Waals surface area contributed by atoms with Gasteiger partial charge in [0.25, 0.3) is 0 Å². The average molecular weight is 336 g/mol. The number of carboxylic acids is 1. The van der Waals surface area contributed by atoms with Gasteiger partial charge in [0.05, 0.1) is 20.8 Å². The van der Waals surface area contributed by atoms with Gasteiger partial charge in [-0.3, -0.25) is 0 Å². The van der Waals surface area contributed by atoms with Gasteiger partial charge < -0.3 is 10.4 Å². The lowest BCUT2D eigenvalue weighted by molar-refractivity contribution is 0.0691. The fourth-order valence-corrected chi connectivity index (χ4v) is 2.19. The van der Waals surface area contributed by atoms with Gasteiger partial charge in [0.2, 0.25) is 0 Å². The average Bonchev–Trinajstić information content (AvgIpc) is 2.35. The minimum Gasteiger partial charge on any atom is -0.476 e. The van der Waals surface area contributed by atoms with Crippen molar-refractivity contribution >= 4 is 52.3 Å². The molecular formula is C12H6Cl3FN2O2. The van der Waals surface area contributed by atoms with Crippen LogP contribution in [0.1, 0.15) is 10.5 Å². The minimum atomic E-state index is -1.27. The van der Waals surface area contributed by atoms with Gasteiger partial charge in [-0.2, -0.15) is 0 Å². The SMILES string of the molecule is O=C(O)c1nc(Nc2c(Cl)cc(F)cc2Cl)ccc1Cl. The molecule has 0 bridgehead atoms. The molecule has 2 rings (SSSR count). The molecule has 2 N–H and O–H groups in total. The van der Waals surface area contributed by atoms with E-state index in [1.165, 1.54) is 12.1 Å². The number of nitrogens with one attached hydrogen (secondary N) is 1. The van der Waals surface area contributed by atoms with Gasteiger partial charge in [0.1, 0.15) is 11.6 Å². The van der Waals surface area contributed by atoms with Gasteiger partial charge in [-0.25, -0.2) is 14.2 Å². The van der Waals surface area contributed by atoms with Gasteiger partial charge in [-0.05, 0) is 24.3 Å². The molecular weight excluding hydrogens is 330 g/mol. The van der Waals surface area contributed by atoms with Crippen LogP contribution in [0.2, 0.25) is 15.1 Å². The van der Waals surface area contributed by atoms with Gasteiger partial charge in [0, 0.05) is 0 Å². The quantitative estimate of drug-likeness (QED) is 0.859. The van der Waals surface area contributed by atoms with E-state index < -0.39 is 11.8 Å². The summed E-state index contributed by atoms with van der Waals surface area (Å²) in [6.07, 6.45) is 0. The third-order valence-electron chi connectivity index (χ3n) is 2.31. The number of nitrogens with zero attached hydrogens (tertiary/aromatic N) is 1. The zero-order chi connectivity index (χ0) is 14.9. The van der Waals surface area contributed by atoms with Gasteiger partial charge in [-0.15, -0.1) is 0 Å². The summed E-state index contributed by atoms with van der Waals surface area (Å²) in [6.45, 7) is 0. The monoisotopic (exact) mass is 334 g/mol. The smallest absolute Gasteiger partial charge is 0.356 e. The number of carbonyl (C=O) groups is 1. The summed E-state index contributed by atoms with van der Waals surface area (Å²) in [4.78, 5) is 14.7. The van der Waals surface area contributed by atoms with E-state index in [1.807, 2.05) is 0 Å². The van der Waals surface area contributed by atoms with Crippen molar-refractivity contribution < 1.29 is 14.3 Å². The first kappa shape index (κ1) is 14.8. The van der Waals surface area contributed by atoms with Crippen LogP contribution in [0.4, 0.5) is 15.9 Å². The van der Waals surface area contributed by atoms with Crippen LogP contribution >= 0.6 is 34.8 Å². The highest BCUT2D eigenvalue weighted by Crippen LogP contribution is 2.33. The Morgan fingerprint density at radius 3 is 2.30 bits per heavy atom. The second kappa shape index (κ2) is 5.83. The third kappa shape index (κ3) is 3.12. The number of benzene rings is 1. The Labute approximate surface area is 128 Å². The molecule has 0 aliphatic heterocycles. The maximum absolute atomic E-state index is 13.1. The first-order chi connectivity index (χ1) is 9.38. The molecule has 1 aromatic heterocycles. The maximum atomic E-state index is 13.1. The number of aromatic nitrogens is 1. The van der Waals surface area contributed by atoms with Crippen LogP contribution in [0.15, 0.2) is 24.3 Å². The number of rotatable bonds is 3. The summed E-state index contributed by atoms with van der Waals surface area (Å²) in [5.41, 5.74) is -0.0908. The van der Waals surface area contributed by atoms with E-state index in [0.29, 0.717) is 0 Å². The molecule has 0 atom stereocenters. The highest BCUT2D eigenvalue weighted by molar-refractivity contribution is 6.39. The number of aromatic carboxylic acids is 1. The molecule has 0 unspecified atom stereocenters. The third-order valence-corrected chi connectivity index (χ3v) is 3.21. The van der Waals surface area contributed by atoms with Crippen molar-refractivity contribution in [2.45, 2.75) is 0 Å². The van der Waals surface area contributed by atoms with Crippen LogP contribution in [0.3, 0.4) is 0 Å². The Balaban J connectivity index is 2.41. The first-order valence-corrected chi connectivity index (χ1v) is 6.33. The number of pyridine rings is 1. The topological polar surface area (TPSA) is 62.2 Å². The number of carboxylic acid groups (broad SMARTS) is 1. The van der Waals surface area contributed by atoms with Crippen LogP contribution in [0.25, 0.3) is 0 Å². The predicted octanol–water partition coefficient (Wildman–Crippen LogP) is 4.62. The van der Waals surface area contributed by atoms with Crippen molar-refractivity contribution in [1.29, 1.82) is 0 Å². The highest BCUT2D eigenvalue weighted by Gasteiger charge is 2.14. The Morgan fingerprint density at radius 1 is 1.15 bits per heavy atom. The van der Waals surface area contributed by atoms with E-state index in [4.69, 9.17) is 39.9 Å². The van der Waals surface area contributed by atoms with Crippen LogP contribution in [-0.4, -0.2) is 16.1 Å².